The highest BCUT2D eigenvalue weighted by Crippen LogP contribution is 2.16. The molecule has 1 amide bonds. The van der Waals surface area contributed by atoms with E-state index in [4.69, 9.17) is 5.73 Å². The van der Waals surface area contributed by atoms with E-state index in [1.165, 1.54) is 0 Å². The first-order valence-electron chi connectivity index (χ1n) is 6.22. The molecule has 2 unspecified atom stereocenters. The summed E-state index contributed by atoms with van der Waals surface area (Å²) in [7, 11) is 0. The lowest BCUT2D eigenvalue weighted by Gasteiger charge is -2.17. The normalized spacial score (nSPS) is 13.8. The molecule has 1 heterocycles. The number of rotatable bonds is 4. The highest BCUT2D eigenvalue weighted by molar-refractivity contribution is 5.81. The molecule has 100 valence electrons. The minimum Gasteiger partial charge on any atom is -0.348 e. The van der Waals surface area contributed by atoms with Crippen LogP contribution in [0, 0.1) is 0 Å². The number of nitrogens with two attached hydrogens (primary N) is 1. The molecule has 2 rings (SSSR count). The maximum absolute atomic E-state index is 11.6. The predicted molar refractivity (Wildman–Crippen MR) is 73.8 cm³/mol. The first-order chi connectivity index (χ1) is 9.08. The van der Waals surface area contributed by atoms with Crippen LogP contribution in [0.3, 0.4) is 0 Å². The van der Waals surface area contributed by atoms with Crippen LogP contribution in [0.1, 0.15) is 25.5 Å². The molecule has 2 aromatic rings. The lowest BCUT2D eigenvalue weighted by atomic mass is 10.1. The Kier molecular flexibility index (Phi) is 3.97. The van der Waals surface area contributed by atoms with Gasteiger partial charge >= 0.3 is 0 Å². The summed E-state index contributed by atoms with van der Waals surface area (Å²) in [5.74, 6) is -0.152. The maximum atomic E-state index is 11.6. The number of aromatic nitrogens is 2. The third-order valence-corrected chi connectivity index (χ3v) is 2.95. The predicted octanol–water partition coefficient (Wildman–Crippen LogP) is 1.40. The fraction of sp³-hybridized carbons (Fsp3) is 0.286. The molecule has 0 spiro atoms. The molecule has 0 fully saturated rings. The summed E-state index contributed by atoms with van der Waals surface area (Å²) in [6, 6.07) is 7.37. The van der Waals surface area contributed by atoms with Crippen LogP contribution >= 0.6 is 0 Å². The zero-order valence-electron chi connectivity index (χ0n) is 11.1. The number of amides is 1. The first kappa shape index (κ1) is 13.3. The second-order valence-corrected chi connectivity index (χ2v) is 4.58. The van der Waals surface area contributed by atoms with Crippen LogP contribution in [-0.4, -0.2) is 21.5 Å². The van der Waals surface area contributed by atoms with Crippen LogP contribution in [0.5, 0.6) is 0 Å². The van der Waals surface area contributed by atoms with Gasteiger partial charge in [-0.25, -0.2) is 4.98 Å². The van der Waals surface area contributed by atoms with E-state index in [0.29, 0.717) is 0 Å². The van der Waals surface area contributed by atoms with Crippen LogP contribution in [0.4, 0.5) is 0 Å². The number of hydrogen-bond acceptors (Lipinski definition) is 3. The minimum absolute atomic E-state index is 0.0815. The molecule has 0 aliphatic carbocycles. The lowest BCUT2D eigenvalue weighted by Crippen LogP contribution is -2.39. The van der Waals surface area contributed by atoms with Gasteiger partial charge in [-0.15, -0.1) is 0 Å². The molecule has 0 saturated heterocycles. The van der Waals surface area contributed by atoms with Crippen molar-refractivity contribution in [3.8, 4) is 5.69 Å². The first-order valence-corrected chi connectivity index (χ1v) is 6.22. The van der Waals surface area contributed by atoms with Crippen LogP contribution < -0.4 is 11.1 Å². The topological polar surface area (TPSA) is 72.9 Å². The summed E-state index contributed by atoms with van der Waals surface area (Å²) >= 11 is 0. The third kappa shape index (κ3) is 3.20. The molecule has 5 heteroatoms. The summed E-state index contributed by atoms with van der Waals surface area (Å²) in [5, 5.41) is 2.88. The molecule has 2 atom stereocenters. The van der Waals surface area contributed by atoms with E-state index in [0.717, 1.165) is 11.3 Å². The average molecular weight is 258 g/mol. The summed E-state index contributed by atoms with van der Waals surface area (Å²) < 4.78 is 1.92. The quantitative estimate of drug-likeness (QED) is 0.870. The second kappa shape index (κ2) is 5.67. The van der Waals surface area contributed by atoms with Crippen molar-refractivity contribution in [1.29, 1.82) is 0 Å². The van der Waals surface area contributed by atoms with Gasteiger partial charge in [0.25, 0.3) is 0 Å². The van der Waals surface area contributed by atoms with E-state index in [1.807, 2.05) is 42.0 Å². The molecule has 3 N–H and O–H groups in total. The van der Waals surface area contributed by atoms with Crippen molar-refractivity contribution >= 4 is 5.91 Å². The zero-order chi connectivity index (χ0) is 13.8. The van der Waals surface area contributed by atoms with Gasteiger partial charge in [0, 0.05) is 18.1 Å². The second-order valence-electron chi connectivity index (χ2n) is 4.58. The zero-order valence-corrected chi connectivity index (χ0v) is 11.1. The Balaban J connectivity index is 2.17. The Morgan fingerprint density at radius 2 is 2.21 bits per heavy atom. The molecule has 0 bridgehead atoms. The van der Waals surface area contributed by atoms with Gasteiger partial charge in [-0.1, -0.05) is 12.1 Å². The van der Waals surface area contributed by atoms with Crippen molar-refractivity contribution in [2.75, 3.05) is 0 Å². The smallest absolute Gasteiger partial charge is 0.237 e. The molecule has 1 aromatic heterocycles. The van der Waals surface area contributed by atoms with Gasteiger partial charge in [-0.2, -0.15) is 0 Å². The number of benzene rings is 1. The summed E-state index contributed by atoms with van der Waals surface area (Å²) in [6.45, 7) is 3.61. The molecular weight excluding hydrogens is 240 g/mol. The lowest BCUT2D eigenvalue weighted by molar-refractivity contribution is -0.122. The van der Waals surface area contributed by atoms with Crippen LogP contribution in [0.25, 0.3) is 5.69 Å². The highest BCUT2D eigenvalue weighted by atomic mass is 16.2. The molecule has 0 saturated carbocycles. The molecule has 1 aromatic carbocycles. The standard InChI is InChI=1S/C14H18N4O/c1-10(15)14(19)17-11(2)12-4-3-5-13(8-12)18-7-6-16-9-18/h3-11H,15H2,1-2H3,(H,17,19). The molecule has 0 aliphatic heterocycles. The SMILES string of the molecule is CC(N)C(=O)NC(C)c1cccc(-n2ccnc2)c1. The van der Waals surface area contributed by atoms with Crippen molar-refractivity contribution < 1.29 is 4.79 Å². The molecular formula is C14H18N4O. The molecule has 19 heavy (non-hydrogen) atoms. The number of nitrogens with zero attached hydrogens (tertiary/aromatic N) is 2. The minimum atomic E-state index is -0.501. The Labute approximate surface area is 112 Å². The molecule has 0 radical (unpaired) electrons. The number of carbonyl (C=O) groups excluding carboxylic acids is 1. The Bertz CT molecular complexity index is 548. The summed E-state index contributed by atoms with van der Waals surface area (Å²) in [6.07, 6.45) is 5.35. The highest BCUT2D eigenvalue weighted by Gasteiger charge is 2.13. The fourth-order valence-corrected chi connectivity index (χ4v) is 1.79. The Morgan fingerprint density at radius 3 is 2.84 bits per heavy atom. The van der Waals surface area contributed by atoms with Gasteiger partial charge in [-0.3, -0.25) is 4.79 Å². The van der Waals surface area contributed by atoms with Gasteiger partial charge in [0.05, 0.1) is 18.4 Å². The van der Waals surface area contributed by atoms with E-state index in [2.05, 4.69) is 10.3 Å². The van der Waals surface area contributed by atoms with Crippen molar-refractivity contribution in [1.82, 2.24) is 14.9 Å². The Morgan fingerprint density at radius 1 is 1.42 bits per heavy atom. The number of carbonyl (C=O) groups is 1. The van der Waals surface area contributed by atoms with E-state index < -0.39 is 6.04 Å². The third-order valence-electron chi connectivity index (χ3n) is 2.95. The summed E-state index contributed by atoms with van der Waals surface area (Å²) in [4.78, 5) is 15.6. The van der Waals surface area contributed by atoms with Gasteiger partial charge in [0.15, 0.2) is 0 Å². The van der Waals surface area contributed by atoms with Gasteiger partial charge in [0.2, 0.25) is 5.91 Å². The fourth-order valence-electron chi connectivity index (χ4n) is 1.79. The molecule has 0 aliphatic rings. The van der Waals surface area contributed by atoms with Crippen molar-refractivity contribution in [3.05, 3.63) is 48.5 Å². The number of hydrogen-bond donors (Lipinski definition) is 2. The van der Waals surface area contributed by atoms with Gasteiger partial charge < -0.3 is 15.6 Å². The number of imidazole rings is 1. The van der Waals surface area contributed by atoms with Crippen LogP contribution in [0.2, 0.25) is 0 Å². The van der Waals surface area contributed by atoms with Crippen LogP contribution in [0.15, 0.2) is 43.0 Å². The maximum Gasteiger partial charge on any atom is 0.237 e. The average Bonchev–Trinajstić information content (AvgIpc) is 2.92. The van der Waals surface area contributed by atoms with Crippen LogP contribution in [-0.2, 0) is 4.79 Å². The number of nitrogens with one attached hydrogen (secondary N) is 1. The monoisotopic (exact) mass is 258 g/mol. The van der Waals surface area contributed by atoms with Gasteiger partial charge in [-0.05, 0) is 31.5 Å². The Hall–Kier alpha value is -2.14. The summed E-state index contributed by atoms with van der Waals surface area (Å²) in [5.41, 5.74) is 7.58. The van der Waals surface area contributed by atoms with Crippen molar-refractivity contribution in [3.63, 3.8) is 0 Å². The van der Waals surface area contributed by atoms with Gasteiger partial charge in [0.1, 0.15) is 0 Å². The van der Waals surface area contributed by atoms with E-state index in [1.54, 1.807) is 19.4 Å². The van der Waals surface area contributed by atoms with E-state index in [-0.39, 0.29) is 11.9 Å². The molecule has 5 nitrogen and oxygen atoms in total. The van der Waals surface area contributed by atoms with Crippen molar-refractivity contribution in [2.45, 2.75) is 25.9 Å². The van der Waals surface area contributed by atoms with Crippen molar-refractivity contribution in [2.24, 2.45) is 5.73 Å². The van der Waals surface area contributed by atoms with E-state index in [9.17, 15) is 4.79 Å². The largest absolute Gasteiger partial charge is 0.348 e. The van der Waals surface area contributed by atoms with E-state index >= 15 is 0 Å².